The Kier molecular flexibility index (Phi) is 2.44. The lowest BCUT2D eigenvalue weighted by Gasteiger charge is -1.95. The van der Waals surface area contributed by atoms with Crippen molar-refractivity contribution in [3.05, 3.63) is 0 Å². The molecule has 0 saturated heterocycles. The molecular formula is C3H9BN2O. The van der Waals surface area contributed by atoms with Crippen LogP contribution in [0.2, 0.25) is 13.6 Å². The van der Waals surface area contributed by atoms with Crippen molar-refractivity contribution in [1.29, 1.82) is 0 Å². The zero-order valence-corrected chi connectivity index (χ0v) is 4.56. The van der Waals surface area contributed by atoms with E-state index in [0.717, 1.165) is 0 Å². The number of nitrogens with two attached hydrogens (primary N) is 1. The molecule has 0 aromatic rings. The van der Waals surface area contributed by atoms with E-state index < -0.39 is 0 Å². The van der Waals surface area contributed by atoms with Crippen LogP contribution in [0.25, 0.3) is 0 Å². The van der Waals surface area contributed by atoms with Gasteiger partial charge in [0.15, 0.2) is 5.81 Å². The Morgan fingerprint density at radius 1 is 1.71 bits per heavy atom. The molecule has 0 bridgehead atoms. The Labute approximate surface area is 43.3 Å². The number of hydrogen-bond donors (Lipinski definition) is 2. The number of hydrogen-bond acceptors (Lipinski definition) is 2. The van der Waals surface area contributed by atoms with E-state index in [-0.39, 0.29) is 12.5 Å². The summed E-state index contributed by atoms with van der Waals surface area (Å²) in [6.07, 6.45) is 0. The van der Waals surface area contributed by atoms with Crippen LogP contribution < -0.4 is 11.3 Å². The van der Waals surface area contributed by atoms with Gasteiger partial charge >= 0.3 is 0 Å². The minimum Gasteiger partial charge on any atom is -0.303 e. The van der Waals surface area contributed by atoms with Crippen LogP contribution >= 0.6 is 0 Å². The van der Waals surface area contributed by atoms with E-state index in [1.54, 1.807) is 13.6 Å². The summed E-state index contributed by atoms with van der Waals surface area (Å²) in [5.74, 6) is 4.65. The Morgan fingerprint density at radius 3 is 2.14 bits per heavy atom. The van der Waals surface area contributed by atoms with Gasteiger partial charge in [0.05, 0.1) is 0 Å². The molecule has 3 N–H and O–H groups in total. The van der Waals surface area contributed by atoms with Crippen LogP contribution in [0.3, 0.4) is 0 Å². The van der Waals surface area contributed by atoms with Gasteiger partial charge in [0, 0.05) is 0 Å². The third-order valence-electron chi connectivity index (χ3n) is 0.667. The van der Waals surface area contributed by atoms with Crippen molar-refractivity contribution < 1.29 is 4.79 Å². The molecule has 40 valence electrons. The fraction of sp³-hybridized carbons (Fsp3) is 0.667. The molecule has 0 rings (SSSR count). The van der Waals surface area contributed by atoms with E-state index in [1.165, 1.54) is 0 Å². The van der Waals surface area contributed by atoms with Crippen molar-refractivity contribution >= 4 is 12.5 Å². The number of carbonyl (C=O) groups is 1. The van der Waals surface area contributed by atoms with Gasteiger partial charge in [0.1, 0.15) is 0 Å². The zero-order chi connectivity index (χ0) is 5.86. The van der Waals surface area contributed by atoms with Crippen LogP contribution in [-0.2, 0) is 0 Å². The predicted octanol–water partition coefficient (Wildman–Crippen LogP) is -0.0942. The van der Waals surface area contributed by atoms with Crippen LogP contribution in [0.1, 0.15) is 0 Å². The summed E-state index contributed by atoms with van der Waals surface area (Å²) < 4.78 is 0. The highest BCUT2D eigenvalue weighted by molar-refractivity contribution is 6.87. The van der Waals surface area contributed by atoms with Crippen LogP contribution in [-0.4, -0.2) is 12.5 Å². The van der Waals surface area contributed by atoms with Crippen LogP contribution in [0.15, 0.2) is 0 Å². The smallest absolute Gasteiger partial charge is 0.247 e. The van der Waals surface area contributed by atoms with Crippen LogP contribution in [0, 0.1) is 0 Å². The minimum atomic E-state index is -0.125. The molecule has 0 aliphatic rings. The summed E-state index contributed by atoms with van der Waals surface area (Å²) >= 11 is 0. The quantitative estimate of drug-likeness (QED) is 0.209. The molecule has 0 aliphatic heterocycles. The predicted molar refractivity (Wildman–Crippen MR) is 30.2 cm³/mol. The lowest BCUT2D eigenvalue weighted by molar-refractivity contribution is 0.259. The van der Waals surface area contributed by atoms with E-state index >= 15 is 0 Å². The van der Waals surface area contributed by atoms with Gasteiger partial charge in [-0.3, -0.25) is 4.79 Å². The van der Waals surface area contributed by atoms with E-state index in [0.29, 0.717) is 0 Å². The summed E-state index contributed by atoms with van der Waals surface area (Å²) in [5, 5.41) is 0. The van der Waals surface area contributed by atoms with E-state index in [4.69, 9.17) is 5.84 Å². The SMILES string of the molecule is CB(C)C(=O)NN. The Hall–Kier alpha value is -0.505. The molecule has 0 aromatic carbocycles. The maximum absolute atomic E-state index is 10.3. The number of rotatable bonds is 1. The van der Waals surface area contributed by atoms with Crippen molar-refractivity contribution in [1.82, 2.24) is 5.43 Å². The summed E-state index contributed by atoms with van der Waals surface area (Å²) in [7, 11) is 0. The first-order valence-corrected chi connectivity index (χ1v) is 2.19. The summed E-state index contributed by atoms with van der Waals surface area (Å²) in [5.41, 5.74) is 2.03. The summed E-state index contributed by atoms with van der Waals surface area (Å²) in [6, 6.07) is 0. The molecule has 0 fully saturated rings. The average molecular weight is 99.9 g/mol. The normalized spacial score (nSPS) is 7.86. The molecule has 0 aromatic heterocycles. The lowest BCUT2D eigenvalue weighted by Crippen LogP contribution is -2.37. The average Bonchev–Trinajstić information content (AvgIpc) is 1.65. The number of amides is 1. The van der Waals surface area contributed by atoms with E-state index in [9.17, 15) is 4.79 Å². The van der Waals surface area contributed by atoms with Crippen molar-refractivity contribution in [2.45, 2.75) is 13.6 Å². The second-order valence-corrected chi connectivity index (χ2v) is 1.66. The van der Waals surface area contributed by atoms with E-state index in [2.05, 4.69) is 0 Å². The van der Waals surface area contributed by atoms with Crippen molar-refractivity contribution in [3.63, 3.8) is 0 Å². The maximum Gasteiger partial charge on any atom is 0.247 e. The summed E-state index contributed by atoms with van der Waals surface area (Å²) in [4.78, 5) is 10.3. The first kappa shape index (κ1) is 6.49. The fourth-order valence-corrected chi connectivity index (χ4v) is 0.167. The van der Waals surface area contributed by atoms with Gasteiger partial charge in [-0.25, -0.2) is 5.84 Å². The van der Waals surface area contributed by atoms with Gasteiger partial charge in [-0.15, -0.1) is 0 Å². The molecule has 1 amide bonds. The van der Waals surface area contributed by atoms with Crippen molar-refractivity contribution in [2.24, 2.45) is 5.84 Å². The molecule has 0 aliphatic carbocycles. The maximum atomic E-state index is 10.3. The molecule has 4 heteroatoms. The van der Waals surface area contributed by atoms with Gasteiger partial charge in [0.2, 0.25) is 6.71 Å². The third-order valence-corrected chi connectivity index (χ3v) is 0.667. The largest absolute Gasteiger partial charge is 0.303 e. The van der Waals surface area contributed by atoms with Gasteiger partial charge in [-0.05, 0) is 0 Å². The molecule has 0 unspecified atom stereocenters. The Morgan fingerprint density at radius 2 is 2.14 bits per heavy atom. The number of carbonyl (C=O) groups excluding carboxylic acids is 1. The van der Waals surface area contributed by atoms with Crippen LogP contribution in [0.4, 0.5) is 4.79 Å². The topological polar surface area (TPSA) is 55.1 Å². The third kappa shape index (κ3) is 2.22. The first-order chi connectivity index (χ1) is 3.18. The van der Waals surface area contributed by atoms with E-state index in [1.807, 2.05) is 5.43 Å². The Balaban J connectivity index is 3.35. The van der Waals surface area contributed by atoms with Crippen molar-refractivity contribution in [3.8, 4) is 0 Å². The second-order valence-electron chi connectivity index (χ2n) is 1.66. The monoisotopic (exact) mass is 100 g/mol. The standard InChI is InChI=1S/C3H9BN2O/c1-4(2)3(7)6-5/h5H2,1-2H3,(H,6,7). The highest BCUT2D eigenvalue weighted by Crippen LogP contribution is 1.76. The number of nitrogens with one attached hydrogen (secondary N) is 1. The van der Waals surface area contributed by atoms with Crippen LogP contribution in [0.5, 0.6) is 0 Å². The highest BCUT2D eigenvalue weighted by Gasteiger charge is 2.06. The molecule has 0 atom stereocenters. The minimum absolute atomic E-state index is 0.00926. The van der Waals surface area contributed by atoms with Gasteiger partial charge < -0.3 is 5.43 Å². The highest BCUT2D eigenvalue weighted by atomic mass is 16.1. The first-order valence-electron chi connectivity index (χ1n) is 2.19. The lowest BCUT2D eigenvalue weighted by atomic mass is 9.54. The fourth-order valence-electron chi connectivity index (χ4n) is 0.167. The molecule has 7 heavy (non-hydrogen) atoms. The number of hydrazine groups is 1. The summed E-state index contributed by atoms with van der Waals surface area (Å²) in [6.45, 7) is 3.55. The zero-order valence-electron chi connectivity index (χ0n) is 4.56. The van der Waals surface area contributed by atoms with Gasteiger partial charge in [-0.1, -0.05) is 13.6 Å². The van der Waals surface area contributed by atoms with Gasteiger partial charge in [0.25, 0.3) is 0 Å². The second kappa shape index (κ2) is 2.63. The molecule has 0 radical (unpaired) electrons. The molecular weight excluding hydrogens is 90.9 g/mol. The molecule has 0 heterocycles. The Bertz CT molecular complexity index is 73.3. The molecule has 3 nitrogen and oxygen atoms in total. The van der Waals surface area contributed by atoms with Crippen molar-refractivity contribution in [2.75, 3.05) is 0 Å². The molecule has 0 spiro atoms. The molecule has 0 saturated carbocycles. The van der Waals surface area contributed by atoms with Gasteiger partial charge in [-0.2, -0.15) is 0 Å².